The molecule has 2 heterocycles. The number of carbonyl (C=O) groups is 3. The number of hydrogen-bond acceptors (Lipinski definition) is 7. The maximum absolute atomic E-state index is 13.7. The lowest BCUT2D eigenvalue weighted by Gasteiger charge is -2.33. The highest BCUT2D eigenvalue weighted by Crippen LogP contribution is 2.32. The molecule has 33 heavy (non-hydrogen) atoms. The molecular weight excluding hydrogens is 465 g/mol. The molecule has 1 unspecified atom stereocenters. The Morgan fingerprint density at radius 3 is 2.36 bits per heavy atom. The van der Waals surface area contributed by atoms with E-state index >= 15 is 0 Å². The molecule has 0 aliphatic carbocycles. The second-order valence-electron chi connectivity index (χ2n) is 8.35. The summed E-state index contributed by atoms with van der Waals surface area (Å²) in [7, 11) is 0. The number of hydrogen-bond donors (Lipinski definition) is 3. The van der Waals surface area contributed by atoms with Gasteiger partial charge < -0.3 is 21.7 Å². The number of anilines is 1. The van der Waals surface area contributed by atoms with E-state index in [1.165, 1.54) is 40.5 Å². The number of nitrogens with zero attached hydrogens (tertiary/aromatic N) is 2. The largest absolute Gasteiger partial charge is 0.395 e. The van der Waals surface area contributed by atoms with E-state index in [0.29, 0.717) is 10.4 Å². The number of aromatic nitrogens is 1. The monoisotopic (exact) mass is 489 g/mol. The minimum Gasteiger partial charge on any atom is -0.395 e. The lowest BCUT2D eigenvalue weighted by Crippen LogP contribution is -2.48. The minimum absolute atomic E-state index is 0.00368. The SMILES string of the molecule is CC(C)(C)NC(=O)C(c1cccs1)N(Cc1ccc(F)cc1)C(=O)c1snc(C(N)=O)c1N. The van der Waals surface area contributed by atoms with Crippen LogP contribution >= 0.6 is 22.9 Å². The molecular formula is C22H24FN5O3S2. The Labute approximate surface area is 198 Å². The summed E-state index contributed by atoms with van der Waals surface area (Å²) in [4.78, 5) is 40.7. The van der Waals surface area contributed by atoms with Gasteiger partial charge in [0.05, 0.1) is 5.69 Å². The van der Waals surface area contributed by atoms with Gasteiger partial charge in [0.2, 0.25) is 5.91 Å². The van der Waals surface area contributed by atoms with Gasteiger partial charge in [-0.1, -0.05) is 18.2 Å². The van der Waals surface area contributed by atoms with Gasteiger partial charge in [0, 0.05) is 17.0 Å². The van der Waals surface area contributed by atoms with Gasteiger partial charge in [-0.2, -0.15) is 4.37 Å². The van der Waals surface area contributed by atoms with E-state index in [1.54, 1.807) is 17.5 Å². The molecule has 8 nitrogen and oxygen atoms in total. The quantitative estimate of drug-likeness (QED) is 0.468. The third-order valence-corrected chi connectivity index (χ3v) is 6.33. The summed E-state index contributed by atoms with van der Waals surface area (Å²) in [5, 5.41) is 4.73. The van der Waals surface area contributed by atoms with Crippen LogP contribution in [0, 0.1) is 5.82 Å². The Kier molecular flexibility index (Phi) is 7.13. The predicted molar refractivity (Wildman–Crippen MR) is 126 cm³/mol. The fraction of sp³-hybridized carbons (Fsp3) is 0.273. The molecule has 0 bridgehead atoms. The first kappa shape index (κ1) is 24.3. The van der Waals surface area contributed by atoms with E-state index in [-0.39, 0.29) is 22.8 Å². The van der Waals surface area contributed by atoms with Gasteiger partial charge in [-0.25, -0.2) is 4.39 Å². The van der Waals surface area contributed by atoms with Crippen molar-refractivity contribution >= 4 is 46.3 Å². The summed E-state index contributed by atoms with van der Waals surface area (Å²) in [6, 6.07) is 8.17. The highest BCUT2D eigenvalue weighted by molar-refractivity contribution is 7.10. The van der Waals surface area contributed by atoms with Crippen molar-refractivity contribution in [2.45, 2.75) is 38.9 Å². The Bertz CT molecular complexity index is 1150. The standard InChI is InChI=1S/C22H24FN5O3S2/c1-22(2,3)26-20(30)17(14-5-4-10-32-14)28(11-12-6-8-13(23)9-7-12)21(31)18-15(24)16(19(25)29)27-33-18/h4-10,17H,11,24H2,1-3H3,(H2,25,29)(H,26,30). The lowest BCUT2D eigenvalue weighted by molar-refractivity contribution is -0.127. The summed E-state index contributed by atoms with van der Waals surface area (Å²) >= 11 is 2.06. The normalized spacial score (nSPS) is 12.2. The topological polar surface area (TPSA) is 131 Å². The predicted octanol–water partition coefficient (Wildman–Crippen LogP) is 3.32. The lowest BCUT2D eigenvalue weighted by atomic mass is 10.1. The van der Waals surface area contributed by atoms with Crippen LogP contribution in [0.2, 0.25) is 0 Å². The van der Waals surface area contributed by atoms with E-state index in [9.17, 15) is 18.8 Å². The Morgan fingerprint density at radius 2 is 1.85 bits per heavy atom. The van der Waals surface area contributed by atoms with Crippen molar-refractivity contribution in [3.8, 4) is 0 Å². The molecule has 3 rings (SSSR count). The van der Waals surface area contributed by atoms with Crippen LogP contribution < -0.4 is 16.8 Å². The number of benzene rings is 1. The van der Waals surface area contributed by atoms with Crippen molar-refractivity contribution in [1.82, 2.24) is 14.6 Å². The van der Waals surface area contributed by atoms with E-state index in [4.69, 9.17) is 11.5 Å². The van der Waals surface area contributed by atoms with Crippen LogP contribution in [0.4, 0.5) is 10.1 Å². The van der Waals surface area contributed by atoms with Crippen LogP contribution in [-0.2, 0) is 11.3 Å². The molecule has 1 atom stereocenters. The van der Waals surface area contributed by atoms with Crippen LogP contribution in [0.1, 0.15) is 57.4 Å². The number of amides is 3. The molecule has 5 N–H and O–H groups in total. The zero-order valence-corrected chi connectivity index (χ0v) is 19.9. The van der Waals surface area contributed by atoms with Crippen molar-refractivity contribution in [1.29, 1.82) is 0 Å². The van der Waals surface area contributed by atoms with Crippen LogP contribution in [0.3, 0.4) is 0 Å². The molecule has 0 fully saturated rings. The Balaban J connectivity index is 2.10. The average Bonchev–Trinajstić information content (AvgIpc) is 3.37. The maximum atomic E-state index is 13.7. The molecule has 2 aromatic heterocycles. The highest BCUT2D eigenvalue weighted by atomic mass is 32.1. The molecule has 0 spiro atoms. The molecule has 3 amide bonds. The van der Waals surface area contributed by atoms with Gasteiger partial charge in [0.15, 0.2) is 5.69 Å². The highest BCUT2D eigenvalue weighted by Gasteiger charge is 2.36. The van der Waals surface area contributed by atoms with Gasteiger partial charge in [-0.3, -0.25) is 14.4 Å². The Hall–Kier alpha value is -3.31. The summed E-state index contributed by atoms with van der Waals surface area (Å²) in [6.45, 7) is 5.50. The number of nitrogens with two attached hydrogens (primary N) is 2. The molecule has 174 valence electrons. The van der Waals surface area contributed by atoms with Gasteiger partial charge >= 0.3 is 0 Å². The van der Waals surface area contributed by atoms with Crippen LogP contribution in [0.15, 0.2) is 41.8 Å². The number of nitrogen functional groups attached to an aromatic ring is 1. The van der Waals surface area contributed by atoms with Gasteiger partial charge in [0.1, 0.15) is 16.7 Å². The molecule has 0 aliphatic heterocycles. The van der Waals surface area contributed by atoms with Crippen molar-refractivity contribution in [3.05, 3.63) is 68.6 Å². The average molecular weight is 490 g/mol. The van der Waals surface area contributed by atoms with E-state index in [2.05, 4.69) is 9.69 Å². The van der Waals surface area contributed by atoms with Crippen LogP contribution in [-0.4, -0.2) is 32.5 Å². The van der Waals surface area contributed by atoms with E-state index in [1.807, 2.05) is 20.8 Å². The molecule has 11 heteroatoms. The molecule has 0 aliphatic rings. The summed E-state index contributed by atoms with van der Waals surface area (Å²) in [6.07, 6.45) is 0. The molecule has 3 aromatic rings. The number of nitrogens with one attached hydrogen (secondary N) is 1. The fourth-order valence-electron chi connectivity index (χ4n) is 3.14. The maximum Gasteiger partial charge on any atom is 0.270 e. The zero-order valence-electron chi connectivity index (χ0n) is 18.3. The Morgan fingerprint density at radius 1 is 1.18 bits per heavy atom. The first-order valence-corrected chi connectivity index (χ1v) is 11.6. The van der Waals surface area contributed by atoms with Crippen molar-refractivity contribution in [2.75, 3.05) is 5.73 Å². The smallest absolute Gasteiger partial charge is 0.270 e. The van der Waals surface area contributed by atoms with Crippen molar-refractivity contribution in [3.63, 3.8) is 0 Å². The summed E-state index contributed by atoms with van der Waals surface area (Å²) in [5.74, 6) is -2.26. The van der Waals surface area contributed by atoms with Crippen LogP contribution in [0.25, 0.3) is 0 Å². The fourth-order valence-corrected chi connectivity index (χ4v) is 4.73. The van der Waals surface area contributed by atoms with Gasteiger partial charge in [-0.05, 0) is 61.4 Å². The number of halogens is 1. The van der Waals surface area contributed by atoms with E-state index in [0.717, 1.165) is 11.5 Å². The third kappa shape index (κ3) is 5.74. The molecule has 0 saturated carbocycles. The first-order valence-electron chi connectivity index (χ1n) is 9.93. The molecule has 0 saturated heterocycles. The van der Waals surface area contributed by atoms with Crippen LogP contribution in [0.5, 0.6) is 0 Å². The summed E-state index contributed by atoms with van der Waals surface area (Å²) < 4.78 is 17.4. The number of carbonyl (C=O) groups excluding carboxylic acids is 3. The van der Waals surface area contributed by atoms with Crippen molar-refractivity contribution < 1.29 is 18.8 Å². The van der Waals surface area contributed by atoms with Crippen molar-refractivity contribution in [2.24, 2.45) is 5.73 Å². The second-order valence-corrected chi connectivity index (χ2v) is 10.1. The number of primary amides is 1. The third-order valence-electron chi connectivity index (χ3n) is 4.55. The van der Waals surface area contributed by atoms with E-state index < -0.39 is 35.1 Å². The summed E-state index contributed by atoms with van der Waals surface area (Å²) in [5.41, 5.74) is 11.0. The van der Waals surface area contributed by atoms with Gasteiger partial charge in [0.25, 0.3) is 11.8 Å². The zero-order chi connectivity index (χ0) is 24.3. The first-order chi connectivity index (χ1) is 15.5. The molecule has 1 aromatic carbocycles. The number of rotatable bonds is 7. The molecule has 0 radical (unpaired) electrons. The van der Waals surface area contributed by atoms with Gasteiger partial charge in [-0.15, -0.1) is 11.3 Å². The minimum atomic E-state index is -1.000. The second kappa shape index (κ2) is 9.67. The number of thiophene rings is 1.